The Hall–Kier alpha value is -2.47. The lowest BCUT2D eigenvalue weighted by molar-refractivity contribution is 0.175. The van der Waals surface area contributed by atoms with E-state index in [4.69, 9.17) is 0 Å². The zero-order valence-corrected chi connectivity index (χ0v) is 15.0. The molecule has 0 aliphatic carbocycles. The van der Waals surface area contributed by atoms with E-state index in [0.29, 0.717) is 6.04 Å². The van der Waals surface area contributed by atoms with E-state index < -0.39 is 0 Å². The summed E-state index contributed by atoms with van der Waals surface area (Å²) in [4.78, 5) is 14.2. The second-order valence-corrected chi connectivity index (χ2v) is 7.31. The summed E-state index contributed by atoms with van der Waals surface area (Å²) in [6, 6.07) is 10.8. The van der Waals surface area contributed by atoms with Crippen LogP contribution in [0.25, 0.3) is 16.7 Å². The SMILES string of the molecule is c1ccc(-n2ncc3c(N4CC[C@H](N5CCCCC5)C4)ncnc32)cc1. The third-order valence-corrected chi connectivity index (χ3v) is 5.72. The number of piperidine rings is 1. The number of fused-ring (bicyclic) bond motifs is 1. The Kier molecular flexibility index (Phi) is 4.05. The maximum Gasteiger partial charge on any atom is 0.168 e. The monoisotopic (exact) mass is 348 g/mol. The van der Waals surface area contributed by atoms with Crippen molar-refractivity contribution in [3.8, 4) is 5.69 Å². The highest BCUT2D eigenvalue weighted by molar-refractivity contribution is 5.87. The fourth-order valence-electron chi connectivity index (χ4n) is 4.36. The maximum absolute atomic E-state index is 4.62. The van der Waals surface area contributed by atoms with Crippen molar-refractivity contribution in [1.82, 2.24) is 24.6 Å². The number of anilines is 1. The Morgan fingerprint density at radius 1 is 0.923 bits per heavy atom. The predicted octanol–water partition coefficient (Wildman–Crippen LogP) is 2.88. The molecule has 1 aromatic carbocycles. The van der Waals surface area contributed by atoms with Crippen LogP contribution in [0.15, 0.2) is 42.9 Å². The van der Waals surface area contributed by atoms with E-state index in [1.54, 1.807) is 6.33 Å². The number of benzene rings is 1. The first kappa shape index (κ1) is 15.8. The number of hydrogen-bond donors (Lipinski definition) is 0. The van der Waals surface area contributed by atoms with Gasteiger partial charge in [0.05, 0.1) is 17.3 Å². The van der Waals surface area contributed by atoms with Gasteiger partial charge >= 0.3 is 0 Å². The summed E-state index contributed by atoms with van der Waals surface area (Å²) in [6.07, 6.45) is 8.88. The summed E-state index contributed by atoms with van der Waals surface area (Å²) in [6.45, 7) is 4.62. The molecule has 0 saturated carbocycles. The average molecular weight is 348 g/mol. The molecule has 4 heterocycles. The van der Waals surface area contributed by atoms with Gasteiger partial charge in [-0.2, -0.15) is 5.10 Å². The third-order valence-electron chi connectivity index (χ3n) is 5.72. The largest absolute Gasteiger partial charge is 0.354 e. The quantitative estimate of drug-likeness (QED) is 0.728. The highest BCUT2D eigenvalue weighted by atomic mass is 15.3. The van der Waals surface area contributed by atoms with Gasteiger partial charge in [0.25, 0.3) is 0 Å². The normalized spacial score (nSPS) is 21.5. The molecule has 6 heteroatoms. The van der Waals surface area contributed by atoms with E-state index >= 15 is 0 Å². The topological polar surface area (TPSA) is 50.1 Å². The standard InChI is InChI=1S/C20H24N6/c1-3-7-16(8-4-1)26-20-18(13-23-26)19(21-15-22-20)25-12-9-17(14-25)24-10-5-2-6-11-24/h1,3-4,7-8,13,15,17H,2,5-6,9-12,14H2/t17-/m0/s1. The summed E-state index contributed by atoms with van der Waals surface area (Å²) in [5, 5.41) is 5.62. The molecule has 3 aromatic rings. The van der Waals surface area contributed by atoms with Crippen LogP contribution in [0.5, 0.6) is 0 Å². The Bertz CT molecular complexity index is 884. The number of hydrogen-bond acceptors (Lipinski definition) is 5. The zero-order chi connectivity index (χ0) is 17.3. The van der Waals surface area contributed by atoms with E-state index in [1.807, 2.05) is 29.1 Å². The fourth-order valence-corrected chi connectivity index (χ4v) is 4.36. The molecule has 2 fully saturated rings. The van der Waals surface area contributed by atoms with Crippen LogP contribution in [0.1, 0.15) is 25.7 Å². The fraction of sp³-hybridized carbons (Fsp3) is 0.450. The third kappa shape index (κ3) is 2.74. The minimum absolute atomic E-state index is 0.657. The van der Waals surface area contributed by atoms with Crippen LogP contribution in [-0.2, 0) is 0 Å². The van der Waals surface area contributed by atoms with E-state index in [1.165, 1.54) is 38.8 Å². The molecule has 2 saturated heterocycles. The summed E-state index contributed by atoms with van der Waals surface area (Å²) >= 11 is 0. The summed E-state index contributed by atoms with van der Waals surface area (Å²) in [7, 11) is 0. The lowest BCUT2D eigenvalue weighted by Crippen LogP contribution is -2.41. The van der Waals surface area contributed by atoms with E-state index in [0.717, 1.165) is 35.6 Å². The lowest BCUT2D eigenvalue weighted by Gasteiger charge is -2.32. The minimum Gasteiger partial charge on any atom is -0.354 e. The highest BCUT2D eigenvalue weighted by Crippen LogP contribution is 2.29. The van der Waals surface area contributed by atoms with Crippen LogP contribution in [0.3, 0.4) is 0 Å². The van der Waals surface area contributed by atoms with Crippen molar-refractivity contribution >= 4 is 16.9 Å². The molecule has 0 radical (unpaired) electrons. The molecule has 26 heavy (non-hydrogen) atoms. The van der Waals surface area contributed by atoms with Gasteiger partial charge in [-0.1, -0.05) is 24.6 Å². The molecule has 6 nitrogen and oxygen atoms in total. The van der Waals surface area contributed by atoms with Gasteiger partial charge in [-0.25, -0.2) is 14.6 Å². The second kappa shape index (κ2) is 6.68. The average Bonchev–Trinajstić information content (AvgIpc) is 3.37. The molecule has 0 unspecified atom stereocenters. The van der Waals surface area contributed by atoms with Crippen molar-refractivity contribution in [2.45, 2.75) is 31.7 Å². The smallest absolute Gasteiger partial charge is 0.168 e. The molecule has 2 aliphatic heterocycles. The van der Waals surface area contributed by atoms with E-state index in [2.05, 4.69) is 37.0 Å². The molecule has 2 aromatic heterocycles. The van der Waals surface area contributed by atoms with Crippen LogP contribution in [0, 0.1) is 0 Å². The number of nitrogens with zero attached hydrogens (tertiary/aromatic N) is 6. The van der Waals surface area contributed by atoms with Crippen LogP contribution in [0.4, 0.5) is 5.82 Å². The van der Waals surface area contributed by atoms with Gasteiger partial charge in [0.2, 0.25) is 0 Å². The van der Waals surface area contributed by atoms with Crippen molar-refractivity contribution in [2.24, 2.45) is 0 Å². The Balaban J connectivity index is 1.44. The van der Waals surface area contributed by atoms with Crippen LogP contribution >= 0.6 is 0 Å². The summed E-state index contributed by atoms with van der Waals surface area (Å²) in [5.74, 6) is 1.02. The molecule has 0 N–H and O–H groups in total. The van der Waals surface area contributed by atoms with Gasteiger partial charge in [0.1, 0.15) is 12.1 Å². The number of aromatic nitrogens is 4. The van der Waals surface area contributed by atoms with Gasteiger partial charge in [0, 0.05) is 19.1 Å². The minimum atomic E-state index is 0.657. The van der Waals surface area contributed by atoms with E-state index in [-0.39, 0.29) is 0 Å². The van der Waals surface area contributed by atoms with Gasteiger partial charge in [-0.3, -0.25) is 4.90 Å². The Morgan fingerprint density at radius 3 is 2.62 bits per heavy atom. The summed E-state index contributed by atoms with van der Waals surface area (Å²) < 4.78 is 1.90. The highest BCUT2D eigenvalue weighted by Gasteiger charge is 2.30. The molecule has 0 amide bonds. The number of rotatable bonds is 3. The molecular formula is C20H24N6. The van der Waals surface area contributed by atoms with Gasteiger partial charge in [0.15, 0.2) is 5.65 Å². The Morgan fingerprint density at radius 2 is 1.77 bits per heavy atom. The van der Waals surface area contributed by atoms with Crippen molar-refractivity contribution in [1.29, 1.82) is 0 Å². The summed E-state index contributed by atoms with van der Waals surface area (Å²) in [5.41, 5.74) is 1.90. The van der Waals surface area contributed by atoms with Gasteiger partial charge in [-0.05, 0) is 44.5 Å². The lowest BCUT2D eigenvalue weighted by atomic mass is 10.1. The molecular weight excluding hydrogens is 324 g/mol. The van der Waals surface area contributed by atoms with Crippen molar-refractivity contribution < 1.29 is 0 Å². The van der Waals surface area contributed by atoms with Crippen LogP contribution in [-0.4, -0.2) is 56.9 Å². The Labute approximate surface area is 153 Å². The molecule has 2 aliphatic rings. The van der Waals surface area contributed by atoms with Crippen molar-refractivity contribution in [2.75, 3.05) is 31.1 Å². The molecule has 0 bridgehead atoms. The predicted molar refractivity (Wildman–Crippen MR) is 103 cm³/mol. The molecule has 1 atom stereocenters. The molecule has 134 valence electrons. The molecule has 0 spiro atoms. The second-order valence-electron chi connectivity index (χ2n) is 7.31. The van der Waals surface area contributed by atoms with Gasteiger partial charge < -0.3 is 4.90 Å². The number of likely N-dealkylation sites (tertiary alicyclic amines) is 1. The number of para-hydroxylation sites is 1. The maximum atomic E-state index is 4.62. The van der Waals surface area contributed by atoms with Crippen LogP contribution in [0.2, 0.25) is 0 Å². The van der Waals surface area contributed by atoms with Gasteiger partial charge in [-0.15, -0.1) is 0 Å². The first-order chi connectivity index (χ1) is 12.9. The van der Waals surface area contributed by atoms with Crippen molar-refractivity contribution in [3.63, 3.8) is 0 Å². The molecule has 5 rings (SSSR count). The zero-order valence-electron chi connectivity index (χ0n) is 15.0. The first-order valence-electron chi connectivity index (χ1n) is 9.63. The van der Waals surface area contributed by atoms with Crippen LogP contribution < -0.4 is 4.90 Å². The first-order valence-corrected chi connectivity index (χ1v) is 9.63. The van der Waals surface area contributed by atoms with Crippen molar-refractivity contribution in [3.05, 3.63) is 42.9 Å². The van der Waals surface area contributed by atoms with E-state index in [9.17, 15) is 0 Å².